The molecule has 0 saturated carbocycles. The zero-order valence-electron chi connectivity index (χ0n) is 14.0. The fourth-order valence-corrected chi connectivity index (χ4v) is 4.42. The van der Waals surface area contributed by atoms with E-state index in [1.54, 1.807) is 0 Å². The van der Waals surface area contributed by atoms with Gasteiger partial charge in [-0.2, -0.15) is 0 Å². The van der Waals surface area contributed by atoms with Crippen molar-refractivity contribution < 1.29 is 9.53 Å². The molecule has 0 aliphatic carbocycles. The highest BCUT2D eigenvalue weighted by molar-refractivity contribution is 5.78. The van der Waals surface area contributed by atoms with Crippen molar-refractivity contribution in [2.45, 2.75) is 45.6 Å². The third-order valence-corrected chi connectivity index (χ3v) is 5.48. The van der Waals surface area contributed by atoms with E-state index in [1.165, 1.54) is 33.6 Å². The van der Waals surface area contributed by atoms with Crippen LogP contribution >= 0.6 is 0 Å². The van der Waals surface area contributed by atoms with Crippen LogP contribution in [0, 0.1) is 13.8 Å². The predicted molar refractivity (Wildman–Crippen MR) is 92.8 cm³/mol. The van der Waals surface area contributed by atoms with Crippen LogP contribution in [0.2, 0.25) is 0 Å². The molecule has 122 valence electrons. The van der Waals surface area contributed by atoms with Crippen molar-refractivity contribution in [3.63, 3.8) is 0 Å². The van der Waals surface area contributed by atoms with Crippen LogP contribution in [-0.4, -0.2) is 11.8 Å². The van der Waals surface area contributed by atoms with Crippen LogP contribution in [0.4, 0.5) is 11.4 Å². The first-order valence-electron chi connectivity index (χ1n) is 8.53. The summed E-state index contributed by atoms with van der Waals surface area (Å²) in [5.74, 6) is -0.752. The molecule has 24 heavy (non-hydrogen) atoms. The molecule has 0 atom stereocenters. The van der Waals surface area contributed by atoms with Gasteiger partial charge >= 0.3 is 5.97 Å². The normalized spacial score (nSPS) is 20.0. The second-order valence-electron chi connectivity index (χ2n) is 7.15. The van der Waals surface area contributed by atoms with E-state index < -0.39 is 5.85 Å². The number of carbonyl (C=O) groups excluding carboxylic acids is 1. The Balaban J connectivity index is 1.74. The van der Waals surface area contributed by atoms with Crippen LogP contribution in [0.5, 0.6) is 0 Å². The van der Waals surface area contributed by atoms with Gasteiger partial charge in [0.1, 0.15) is 0 Å². The van der Waals surface area contributed by atoms with Crippen molar-refractivity contribution in [1.82, 2.24) is 0 Å². The molecule has 3 aliphatic heterocycles. The Bertz CT molecular complexity index is 814. The Morgan fingerprint density at radius 2 is 1.46 bits per heavy atom. The first-order valence-corrected chi connectivity index (χ1v) is 8.53. The van der Waals surface area contributed by atoms with E-state index in [0.717, 1.165) is 13.1 Å². The van der Waals surface area contributed by atoms with Crippen LogP contribution in [0.15, 0.2) is 36.4 Å². The van der Waals surface area contributed by atoms with E-state index in [1.807, 2.05) is 0 Å². The number of hydrogen-bond acceptors (Lipinski definition) is 4. The predicted octanol–water partition coefficient (Wildman–Crippen LogP) is 3.63. The number of carbonyl (C=O) groups is 1. The van der Waals surface area contributed by atoms with Crippen LogP contribution in [0.1, 0.15) is 35.1 Å². The average Bonchev–Trinajstić information content (AvgIpc) is 2.91. The van der Waals surface area contributed by atoms with Gasteiger partial charge < -0.3 is 14.5 Å². The summed E-state index contributed by atoms with van der Waals surface area (Å²) in [5.41, 5.74) is 7.51. The molecule has 1 spiro atoms. The van der Waals surface area contributed by atoms with Gasteiger partial charge in [0.25, 0.3) is 5.85 Å². The summed E-state index contributed by atoms with van der Waals surface area (Å²) < 4.78 is 5.94. The van der Waals surface area contributed by atoms with Gasteiger partial charge in [-0.3, -0.25) is 4.79 Å². The minimum Gasteiger partial charge on any atom is -0.420 e. The Hall–Kier alpha value is -2.49. The fourth-order valence-electron chi connectivity index (χ4n) is 4.42. The summed E-state index contributed by atoms with van der Waals surface area (Å²) in [6.45, 7) is 5.80. The molecule has 4 heteroatoms. The molecule has 0 aromatic heterocycles. The Labute approximate surface area is 141 Å². The third kappa shape index (κ3) is 1.71. The van der Waals surface area contributed by atoms with E-state index in [-0.39, 0.29) is 5.97 Å². The molecule has 1 saturated heterocycles. The molecule has 3 heterocycles. The highest BCUT2D eigenvalue weighted by Crippen LogP contribution is 2.50. The SMILES string of the molecule is Cc1ccc2c(c1)CN1c3ccc(C)cc3CN2C12CCC(=O)O2. The summed E-state index contributed by atoms with van der Waals surface area (Å²) in [5, 5.41) is 0. The molecule has 0 unspecified atom stereocenters. The van der Waals surface area contributed by atoms with Gasteiger partial charge in [0.15, 0.2) is 0 Å². The molecule has 3 aliphatic rings. The topological polar surface area (TPSA) is 32.8 Å². The van der Waals surface area contributed by atoms with Crippen molar-refractivity contribution in [1.29, 1.82) is 0 Å². The van der Waals surface area contributed by atoms with Gasteiger partial charge in [0, 0.05) is 17.8 Å². The molecule has 2 bridgehead atoms. The lowest BCUT2D eigenvalue weighted by Crippen LogP contribution is -2.66. The fraction of sp³-hybridized carbons (Fsp3) is 0.350. The van der Waals surface area contributed by atoms with E-state index in [4.69, 9.17) is 4.74 Å². The lowest BCUT2D eigenvalue weighted by atomic mass is 9.94. The quantitative estimate of drug-likeness (QED) is 0.694. The molecule has 1 fully saturated rings. The van der Waals surface area contributed by atoms with Gasteiger partial charge in [-0.1, -0.05) is 35.4 Å². The number of ether oxygens (including phenoxy) is 1. The van der Waals surface area contributed by atoms with Crippen molar-refractivity contribution in [3.05, 3.63) is 58.7 Å². The maximum Gasteiger partial charge on any atom is 0.309 e. The van der Waals surface area contributed by atoms with Crippen molar-refractivity contribution in [3.8, 4) is 0 Å². The summed E-state index contributed by atoms with van der Waals surface area (Å²) in [6, 6.07) is 13.1. The summed E-state index contributed by atoms with van der Waals surface area (Å²) in [6.07, 6.45) is 1.20. The number of anilines is 2. The maximum absolute atomic E-state index is 12.0. The summed E-state index contributed by atoms with van der Waals surface area (Å²) in [4.78, 5) is 16.6. The second-order valence-corrected chi connectivity index (χ2v) is 7.15. The highest BCUT2D eigenvalue weighted by Gasteiger charge is 2.56. The Morgan fingerprint density at radius 3 is 1.92 bits per heavy atom. The number of esters is 1. The lowest BCUT2D eigenvalue weighted by Gasteiger charge is -2.56. The molecule has 2 aromatic rings. The molecule has 4 nitrogen and oxygen atoms in total. The molecule has 0 amide bonds. The van der Waals surface area contributed by atoms with Crippen LogP contribution in [0.3, 0.4) is 0 Å². The van der Waals surface area contributed by atoms with E-state index in [9.17, 15) is 4.79 Å². The molecular formula is C20H20N2O2. The number of fused-ring (bicyclic) bond motifs is 4. The number of nitrogens with zero attached hydrogens (tertiary/aromatic N) is 2. The third-order valence-electron chi connectivity index (χ3n) is 5.48. The van der Waals surface area contributed by atoms with Gasteiger partial charge in [-0.05, 0) is 37.1 Å². The van der Waals surface area contributed by atoms with Crippen LogP contribution in [0.25, 0.3) is 0 Å². The van der Waals surface area contributed by atoms with Crippen molar-refractivity contribution in [2.24, 2.45) is 0 Å². The molecule has 2 aromatic carbocycles. The number of rotatable bonds is 0. The van der Waals surface area contributed by atoms with E-state index in [0.29, 0.717) is 12.8 Å². The van der Waals surface area contributed by atoms with Gasteiger partial charge in [0.2, 0.25) is 0 Å². The van der Waals surface area contributed by atoms with Crippen molar-refractivity contribution in [2.75, 3.05) is 9.80 Å². The molecule has 0 radical (unpaired) electrons. The van der Waals surface area contributed by atoms with Crippen LogP contribution in [-0.2, 0) is 22.6 Å². The average molecular weight is 320 g/mol. The summed E-state index contributed by atoms with van der Waals surface area (Å²) in [7, 11) is 0. The smallest absolute Gasteiger partial charge is 0.309 e. The minimum atomic E-state index is -0.651. The first kappa shape index (κ1) is 13.9. The lowest BCUT2D eigenvalue weighted by molar-refractivity contribution is -0.149. The molecule has 0 N–H and O–H groups in total. The first-order chi connectivity index (χ1) is 11.6. The molecule has 5 rings (SSSR count). The van der Waals surface area contributed by atoms with Crippen molar-refractivity contribution >= 4 is 17.3 Å². The number of benzene rings is 2. The Kier molecular flexibility index (Phi) is 2.62. The summed E-state index contributed by atoms with van der Waals surface area (Å²) >= 11 is 0. The highest BCUT2D eigenvalue weighted by atomic mass is 16.6. The molecular weight excluding hydrogens is 300 g/mol. The second kappa shape index (κ2) is 4.53. The zero-order valence-corrected chi connectivity index (χ0v) is 14.0. The van der Waals surface area contributed by atoms with Gasteiger partial charge in [-0.15, -0.1) is 0 Å². The monoisotopic (exact) mass is 320 g/mol. The Morgan fingerprint density at radius 1 is 0.917 bits per heavy atom. The van der Waals surface area contributed by atoms with Crippen LogP contribution < -0.4 is 9.80 Å². The maximum atomic E-state index is 12.0. The van der Waals surface area contributed by atoms with E-state index >= 15 is 0 Å². The minimum absolute atomic E-state index is 0.101. The number of aryl methyl sites for hydroxylation is 2. The van der Waals surface area contributed by atoms with E-state index in [2.05, 4.69) is 60.0 Å². The number of hydrogen-bond donors (Lipinski definition) is 0. The van der Waals surface area contributed by atoms with Gasteiger partial charge in [-0.25, -0.2) is 0 Å². The largest absolute Gasteiger partial charge is 0.420 e. The standard InChI is InChI=1S/C20H20N2O2/c1-13-3-5-17-15(9-13)11-21-18-6-4-14(2)10-16(18)12-22(17)20(21)8-7-19(23)24-20/h3-6,9-10H,7-8,11-12H2,1-2H3. The van der Waals surface area contributed by atoms with Gasteiger partial charge in [0.05, 0.1) is 19.5 Å². The zero-order chi connectivity index (χ0) is 16.5.